The first-order chi connectivity index (χ1) is 9.56. The molecule has 0 atom stereocenters. The van der Waals surface area contributed by atoms with Gasteiger partial charge in [-0.05, 0) is 31.2 Å². The van der Waals surface area contributed by atoms with Gasteiger partial charge in [-0.2, -0.15) is 0 Å². The lowest BCUT2D eigenvalue weighted by Crippen LogP contribution is -2.14. The second-order valence-corrected chi connectivity index (χ2v) is 5.33. The van der Waals surface area contributed by atoms with E-state index in [4.69, 9.17) is 9.84 Å². The SMILES string of the molecule is Cc1ccc(C(=O)Nc2ccccc2OCC(=O)O)s1. The normalized spacial score (nSPS) is 10.1. The van der Waals surface area contributed by atoms with Crippen molar-refractivity contribution in [2.24, 2.45) is 0 Å². The lowest BCUT2D eigenvalue weighted by atomic mass is 10.3. The van der Waals surface area contributed by atoms with Gasteiger partial charge in [0.2, 0.25) is 0 Å². The van der Waals surface area contributed by atoms with Gasteiger partial charge in [0.1, 0.15) is 5.75 Å². The highest BCUT2D eigenvalue weighted by Crippen LogP contribution is 2.25. The molecule has 1 heterocycles. The van der Waals surface area contributed by atoms with Crippen LogP contribution in [0.5, 0.6) is 5.75 Å². The van der Waals surface area contributed by atoms with Gasteiger partial charge in [-0.1, -0.05) is 12.1 Å². The Morgan fingerprint density at radius 1 is 1.25 bits per heavy atom. The number of carbonyl (C=O) groups is 2. The van der Waals surface area contributed by atoms with E-state index in [1.54, 1.807) is 30.3 Å². The van der Waals surface area contributed by atoms with Crippen LogP contribution in [0.2, 0.25) is 0 Å². The van der Waals surface area contributed by atoms with Crippen LogP contribution < -0.4 is 10.1 Å². The summed E-state index contributed by atoms with van der Waals surface area (Å²) in [4.78, 5) is 24.2. The number of hydrogen-bond donors (Lipinski definition) is 2. The Kier molecular flexibility index (Phi) is 4.37. The molecule has 6 heteroatoms. The van der Waals surface area contributed by atoms with Crippen molar-refractivity contribution in [1.29, 1.82) is 0 Å². The zero-order valence-corrected chi connectivity index (χ0v) is 11.6. The molecule has 5 nitrogen and oxygen atoms in total. The third-order valence-electron chi connectivity index (χ3n) is 2.45. The minimum atomic E-state index is -1.07. The van der Waals surface area contributed by atoms with Crippen molar-refractivity contribution in [2.75, 3.05) is 11.9 Å². The quantitative estimate of drug-likeness (QED) is 0.888. The third kappa shape index (κ3) is 3.58. The number of carbonyl (C=O) groups excluding carboxylic acids is 1. The number of amides is 1. The molecule has 1 amide bonds. The minimum absolute atomic E-state index is 0.241. The molecular weight excluding hydrogens is 278 g/mol. The van der Waals surface area contributed by atoms with Crippen molar-refractivity contribution in [1.82, 2.24) is 0 Å². The molecule has 0 radical (unpaired) electrons. The van der Waals surface area contributed by atoms with Crippen LogP contribution in [-0.4, -0.2) is 23.6 Å². The van der Waals surface area contributed by atoms with Crippen molar-refractivity contribution in [3.8, 4) is 5.75 Å². The molecule has 2 N–H and O–H groups in total. The molecule has 0 bridgehead atoms. The number of aryl methyl sites for hydroxylation is 1. The van der Waals surface area contributed by atoms with Crippen LogP contribution in [0.15, 0.2) is 36.4 Å². The van der Waals surface area contributed by atoms with Crippen LogP contribution in [0.4, 0.5) is 5.69 Å². The molecule has 0 aliphatic carbocycles. The summed E-state index contributed by atoms with van der Waals surface area (Å²) in [5, 5.41) is 11.3. The summed E-state index contributed by atoms with van der Waals surface area (Å²) in [6.45, 7) is 1.47. The van der Waals surface area contributed by atoms with Gasteiger partial charge < -0.3 is 15.2 Å². The predicted octanol–water partition coefficient (Wildman–Crippen LogP) is 2.77. The number of carboxylic acids is 1. The first-order valence-corrected chi connectivity index (χ1v) is 6.69. The number of para-hydroxylation sites is 2. The van der Waals surface area contributed by atoms with Gasteiger partial charge in [-0.3, -0.25) is 4.79 Å². The van der Waals surface area contributed by atoms with E-state index in [-0.39, 0.29) is 5.91 Å². The van der Waals surface area contributed by atoms with Gasteiger partial charge in [-0.15, -0.1) is 11.3 Å². The number of anilines is 1. The van der Waals surface area contributed by atoms with Crippen LogP contribution >= 0.6 is 11.3 Å². The number of ether oxygens (including phenoxy) is 1. The Bertz CT molecular complexity index is 636. The van der Waals surface area contributed by atoms with E-state index in [0.29, 0.717) is 16.3 Å². The molecule has 0 saturated carbocycles. The van der Waals surface area contributed by atoms with Gasteiger partial charge >= 0.3 is 5.97 Å². The fraction of sp³-hybridized carbons (Fsp3) is 0.143. The Labute approximate surface area is 119 Å². The lowest BCUT2D eigenvalue weighted by Gasteiger charge is -2.10. The molecule has 0 aliphatic rings. The number of rotatable bonds is 5. The Morgan fingerprint density at radius 2 is 2.00 bits per heavy atom. The number of carboxylic acid groups (broad SMARTS) is 1. The van der Waals surface area contributed by atoms with Crippen LogP contribution in [0, 0.1) is 6.92 Å². The summed E-state index contributed by atoms with van der Waals surface area (Å²) in [7, 11) is 0. The Morgan fingerprint density at radius 3 is 2.65 bits per heavy atom. The maximum Gasteiger partial charge on any atom is 0.341 e. The van der Waals surface area contributed by atoms with Crippen LogP contribution in [0.25, 0.3) is 0 Å². The number of nitrogens with one attached hydrogen (secondary N) is 1. The zero-order valence-electron chi connectivity index (χ0n) is 10.8. The summed E-state index contributed by atoms with van der Waals surface area (Å²) < 4.78 is 5.13. The van der Waals surface area contributed by atoms with Crippen molar-refractivity contribution in [3.05, 3.63) is 46.2 Å². The second kappa shape index (κ2) is 6.21. The van der Waals surface area contributed by atoms with Crippen molar-refractivity contribution >= 4 is 28.9 Å². The molecule has 0 saturated heterocycles. The average molecular weight is 291 g/mol. The summed E-state index contributed by atoms with van der Waals surface area (Å²) in [5.74, 6) is -0.981. The fourth-order valence-electron chi connectivity index (χ4n) is 1.58. The molecule has 2 rings (SSSR count). The van der Waals surface area contributed by atoms with E-state index in [1.807, 2.05) is 13.0 Å². The van der Waals surface area contributed by atoms with E-state index in [1.165, 1.54) is 11.3 Å². The minimum Gasteiger partial charge on any atom is -0.480 e. The fourth-order valence-corrected chi connectivity index (χ4v) is 2.34. The molecule has 0 aliphatic heterocycles. The van der Waals surface area contributed by atoms with E-state index in [9.17, 15) is 9.59 Å². The maximum absolute atomic E-state index is 12.0. The molecule has 1 aromatic heterocycles. The van der Waals surface area contributed by atoms with Crippen LogP contribution in [0.1, 0.15) is 14.5 Å². The Hall–Kier alpha value is -2.34. The number of aliphatic carboxylic acids is 1. The van der Waals surface area contributed by atoms with Crippen LogP contribution in [0.3, 0.4) is 0 Å². The summed E-state index contributed by atoms with van der Waals surface area (Å²) >= 11 is 1.39. The number of benzene rings is 1. The van der Waals surface area contributed by atoms with E-state index in [2.05, 4.69) is 5.32 Å². The average Bonchev–Trinajstić information content (AvgIpc) is 2.84. The summed E-state index contributed by atoms with van der Waals surface area (Å²) in [6, 6.07) is 10.3. The standard InChI is InChI=1S/C14H13NO4S/c1-9-6-7-12(20-9)14(18)15-10-4-2-3-5-11(10)19-8-13(16)17/h2-7H,8H2,1H3,(H,15,18)(H,16,17). The first-order valence-electron chi connectivity index (χ1n) is 5.87. The van der Waals surface area contributed by atoms with E-state index < -0.39 is 12.6 Å². The van der Waals surface area contributed by atoms with Crippen molar-refractivity contribution in [2.45, 2.75) is 6.92 Å². The van der Waals surface area contributed by atoms with Crippen LogP contribution in [-0.2, 0) is 4.79 Å². The third-order valence-corrected chi connectivity index (χ3v) is 3.45. The van der Waals surface area contributed by atoms with E-state index in [0.717, 1.165) is 4.88 Å². The second-order valence-electron chi connectivity index (χ2n) is 4.04. The highest BCUT2D eigenvalue weighted by atomic mass is 32.1. The summed E-state index contributed by atoms with van der Waals surface area (Å²) in [6.07, 6.45) is 0. The summed E-state index contributed by atoms with van der Waals surface area (Å²) in [5.41, 5.74) is 0.449. The number of hydrogen-bond acceptors (Lipinski definition) is 4. The van der Waals surface area contributed by atoms with Gasteiger partial charge in [0, 0.05) is 4.88 Å². The van der Waals surface area contributed by atoms with Gasteiger partial charge in [0.05, 0.1) is 10.6 Å². The van der Waals surface area contributed by atoms with E-state index >= 15 is 0 Å². The topological polar surface area (TPSA) is 75.6 Å². The van der Waals surface area contributed by atoms with Crippen molar-refractivity contribution < 1.29 is 19.4 Å². The Balaban J connectivity index is 2.12. The monoisotopic (exact) mass is 291 g/mol. The molecular formula is C14H13NO4S. The molecule has 104 valence electrons. The largest absolute Gasteiger partial charge is 0.480 e. The van der Waals surface area contributed by atoms with Gasteiger partial charge in [-0.25, -0.2) is 4.79 Å². The number of thiophene rings is 1. The zero-order chi connectivity index (χ0) is 14.5. The van der Waals surface area contributed by atoms with Gasteiger partial charge in [0.15, 0.2) is 6.61 Å². The molecule has 0 fully saturated rings. The highest BCUT2D eigenvalue weighted by molar-refractivity contribution is 7.14. The molecule has 0 spiro atoms. The lowest BCUT2D eigenvalue weighted by molar-refractivity contribution is -0.139. The maximum atomic E-state index is 12.0. The molecule has 2 aromatic rings. The predicted molar refractivity (Wildman–Crippen MR) is 76.6 cm³/mol. The first kappa shape index (κ1) is 14.1. The molecule has 1 aromatic carbocycles. The smallest absolute Gasteiger partial charge is 0.341 e. The van der Waals surface area contributed by atoms with Crippen molar-refractivity contribution in [3.63, 3.8) is 0 Å². The highest BCUT2D eigenvalue weighted by Gasteiger charge is 2.12. The molecule has 0 unspecified atom stereocenters. The van der Waals surface area contributed by atoms with Gasteiger partial charge in [0.25, 0.3) is 5.91 Å². The molecule has 20 heavy (non-hydrogen) atoms.